The number of hydrogen-bond donors (Lipinski definition) is 1. The molecule has 1 fully saturated rings. The van der Waals surface area contributed by atoms with Gasteiger partial charge < -0.3 is 14.8 Å². The Labute approximate surface area is 168 Å². The van der Waals surface area contributed by atoms with Gasteiger partial charge in [0.05, 0.1) is 6.61 Å². The Morgan fingerprint density at radius 3 is 2.61 bits per heavy atom. The number of benzene rings is 2. The van der Waals surface area contributed by atoms with Crippen molar-refractivity contribution in [3.8, 4) is 11.5 Å². The Hall–Kier alpha value is -2.93. The van der Waals surface area contributed by atoms with E-state index >= 15 is 0 Å². The van der Waals surface area contributed by atoms with Crippen molar-refractivity contribution in [3.63, 3.8) is 0 Å². The highest BCUT2D eigenvalue weighted by molar-refractivity contribution is 7.80. The number of carbonyl (C=O) groups is 1. The molecule has 1 aliphatic heterocycles. The van der Waals surface area contributed by atoms with E-state index in [0.29, 0.717) is 41.0 Å². The first kappa shape index (κ1) is 19.8. The highest BCUT2D eigenvalue weighted by atomic mass is 32.1. The summed E-state index contributed by atoms with van der Waals surface area (Å²) in [5.74, 6) is 0.548. The zero-order valence-electron chi connectivity index (χ0n) is 15.7. The maximum atomic E-state index is 13.8. The maximum Gasteiger partial charge on any atom is 0.276 e. The van der Waals surface area contributed by atoms with Crippen LogP contribution in [0.1, 0.15) is 25.0 Å². The van der Waals surface area contributed by atoms with E-state index in [2.05, 4.69) is 5.32 Å². The Kier molecular flexibility index (Phi) is 6.26. The minimum Gasteiger partial charge on any atom is -0.490 e. The van der Waals surface area contributed by atoms with Crippen molar-refractivity contribution in [2.24, 2.45) is 0 Å². The third-order valence-corrected chi connectivity index (χ3v) is 4.52. The fourth-order valence-corrected chi connectivity index (χ4v) is 3.12. The predicted octanol–water partition coefficient (Wildman–Crippen LogP) is 3.88. The minimum atomic E-state index is -0.316. The number of rotatable bonds is 7. The molecule has 1 amide bonds. The molecule has 0 spiro atoms. The molecular formula is C21H21FN2O3S. The van der Waals surface area contributed by atoms with E-state index in [1.807, 2.05) is 13.8 Å². The monoisotopic (exact) mass is 400 g/mol. The first-order chi connectivity index (χ1) is 13.5. The predicted molar refractivity (Wildman–Crippen MR) is 109 cm³/mol. The molecule has 0 saturated carbocycles. The van der Waals surface area contributed by atoms with Crippen LogP contribution in [0.15, 0.2) is 48.2 Å². The lowest BCUT2D eigenvalue weighted by atomic mass is 10.1. The van der Waals surface area contributed by atoms with E-state index in [1.165, 1.54) is 11.0 Å². The van der Waals surface area contributed by atoms with E-state index in [0.717, 1.165) is 5.56 Å². The summed E-state index contributed by atoms with van der Waals surface area (Å²) in [4.78, 5) is 13.8. The summed E-state index contributed by atoms with van der Waals surface area (Å²) in [5, 5.41) is 3.32. The average molecular weight is 400 g/mol. The molecular weight excluding hydrogens is 379 g/mol. The summed E-state index contributed by atoms with van der Waals surface area (Å²) in [6, 6.07) is 11.8. The maximum absolute atomic E-state index is 13.8. The van der Waals surface area contributed by atoms with Gasteiger partial charge in [0.2, 0.25) is 0 Å². The number of amides is 1. The minimum absolute atomic E-state index is 0.0902. The molecule has 1 saturated heterocycles. The topological polar surface area (TPSA) is 50.8 Å². The normalized spacial score (nSPS) is 15.1. The van der Waals surface area contributed by atoms with Crippen molar-refractivity contribution in [1.82, 2.24) is 10.2 Å². The second-order valence-electron chi connectivity index (χ2n) is 6.06. The number of ether oxygens (including phenoxy) is 2. The molecule has 0 aromatic heterocycles. The zero-order chi connectivity index (χ0) is 20.1. The molecule has 1 heterocycles. The molecule has 28 heavy (non-hydrogen) atoms. The van der Waals surface area contributed by atoms with Gasteiger partial charge in [-0.25, -0.2) is 4.39 Å². The summed E-state index contributed by atoms with van der Waals surface area (Å²) in [7, 11) is 0. The SMILES string of the molecule is CCOc1cc(C=C2NC(=S)N(CC)C2=O)ccc1OCc1ccccc1F. The fourth-order valence-electron chi connectivity index (χ4n) is 2.80. The highest BCUT2D eigenvalue weighted by Crippen LogP contribution is 2.30. The van der Waals surface area contributed by atoms with Crippen LogP contribution in [-0.2, 0) is 11.4 Å². The van der Waals surface area contributed by atoms with E-state index in [-0.39, 0.29) is 18.3 Å². The summed E-state index contributed by atoms with van der Waals surface area (Å²) < 4.78 is 25.2. The molecule has 3 rings (SSSR count). The summed E-state index contributed by atoms with van der Waals surface area (Å²) in [6.07, 6.45) is 1.72. The molecule has 1 N–H and O–H groups in total. The quantitative estimate of drug-likeness (QED) is 0.565. The van der Waals surface area contributed by atoms with Crippen molar-refractivity contribution in [1.29, 1.82) is 0 Å². The van der Waals surface area contributed by atoms with Crippen LogP contribution in [-0.4, -0.2) is 29.1 Å². The molecule has 146 valence electrons. The molecule has 0 unspecified atom stereocenters. The Balaban J connectivity index is 1.81. The van der Waals surface area contributed by atoms with Crippen LogP contribution in [0.2, 0.25) is 0 Å². The second kappa shape index (κ2) is 8.84. The summed E-state index contributed by atoms with van der Waals surface area (Å²) in [5.41, 5.74) is 1.64. The molecule has 0 aliphatic carbocycles. The Morgan fingerprint density at radius 2 is 1.93 bits per heavy atom. The van der Waals surface area contributed by atoms with E-state index in [4.69, 9.17) is 21.7 Å². The van der Waals surface area contributed by atoms with Crippen molar-refractivity contribution >= 4 is 29.3 Å². The van der Waals surface area contributed by atoms with Gasteiger partial charge in [-0.05, 0) is 55.9 Å². The number of nitrogens with one attached hydrogen (secondary N) is 1. The van der Waals surface area contributed by atoms with E-state index < -0.39 is 0 Å². The molecule has 5 nitrogen and oxygen atoms in total. The van der Waals surface area contributed by atoms with Gasteiger partial charge in [0, 0.05) is 12.1 Å². The van der Waals surface area contributed by atoms with Crippen LogP contribution >= 0.6 is 12.2 Å². The smallest absolute Gasteiger partial charge is 0.276 e. The van der Waals surface area contributed by atoms with Gasteiger partial charge in [-0.3, -0.25) is 9.69 Å². The number of nitrogens with zero attached hydrogens (tertiary/aromatic N) is 1. The Morgan fingerprint density at radius 1 is 1.14 bits per heavy atom. The zero-order valence-corrected chi connectivity index (χ0v) is 16.5. The number of likely N-dealkylation sites (N-methyl/N-ethyl adjacent to an activating group) is 1. The van der Waals surface area contributed by atoms with Crippen molar-refractivity contribution in [2.75, 3.05) is 13.2 Å². The molecule has 2 aromatic carbocycles. The third-order valence-electron chi connectivity index (χ3n) is 4.20. The first-order valence-corrected chi connectivity index (χ1v) is 9.42. The van der Waals surface area contributed by atoms with Crippen LogP contribution in [0, 0.1) is 5.82 Å². The van der Waals surface area contributed by atoms with Crippen LogP contribution in [0.25, 0.3) is 6.08 Å². The van der Waals surface area contributed by atoms with Gasteiger partial charge in [0.15, 0.2) is 16.6 Å². The standard InChI is InChI=1S/C21H21FN2O3S/c1-3-24-20(25)17(23-21(24)28)11-14-9-10-18(19(12-14)26-4-2)27-13-15-7-5-6-8-16(15)22/h5-12H,3-4,13H2,1-2H3,(H,23,28). The third kappa shape index (κ3) is 4.31. The van der Waals surface area contributed by atoms with E-state index in [9.17, 15) is 9.18 Å². The van der Waals surface area contributed by atoms with Crippen LogP contribution in [0.5, 0.6) is 11.5 Å². The van der Waals surface area contributed by atoms with Gasteiger partial charge in [-0.1, -0.05) is 24.3 Å². The van der Waals surface area contributed by atoms with Gasteiger partial charge in [-0.15, -0.1) is 0 Å². The Bertz CT molecular complexity index is 930. The lowest BCUT2D eigenvalue weighted by Crippen LogP contribution is -2.30. The van der Waals surface area contributed by atoms with Crippen LogP contribution < -0.4 is 14.8 Å². The van der Waals surface area contributed by atoms with E-state index in [1.54, 1.807) is 42.5 Å². The van der Waals surface area contributed by atoms with Crippen molar-refractivity contribution in [2.45, 2.75) is 20.5 Å². The molecule has 2 aromatic rings. The number of hydrogen-bond acceptors (Lipinski definition) is 4. The van der Waals surface area contributed by atoms with Gasteiger partial charge in [-0.2, -0.15) is 0 Å². The summed E-state index contributed by atoms with van der Waals surface area (Å²) >= 11 is 5.17. The van der Waals surface area contributed by atoms with Crippen LogP contribution in [0.4, 0.5) is 4.39 Å². The lowest BCUT2D eigenvalue weighted by Gasteiger charge is -2.13. The molecule has 0 atom stereocenters. The highest BCUT2D eigenvalue weighted by Gasteiger charge is 2.29. The van der Waals surface area contributed by atoms with Crippen molar-refractivity contribution < 1.29 is 18.7 Å². The lowest BCUT2D eigenvalue weighted by molar-refractivity contribution is -0.122. The van der Waals surface area contributed by atoms with Crippen molar-refractivity contribution in [3.05, 3.63) is 65.1 Å². The first-order valence-electron chi connectivity index (χ1n) is 9.01. The van der Waals surface area contributed by atoms with Crippen LogP contribution in [0.3, 0.4) is 0 Å². The molecule has 7 heteroatoms. The molecule has 0 bridgehead atoms. The van der Waals surface area contributed by atoms with Gasteiger partial charge in [0.25, 0.3) is 5.91 Å². The number of halogens is 1. The average Bonchev–Trinajstić information content (AvgIpc) is 2.95. The van der Waals surface area contributed by atoms with Gasteiger partial charge in [0.1, 0.15) is 18.1 Å². The second-order valence-corrected chi connectivity index (χ2v) is 6.44. The molecule has 1 aliphatic rings. The molecule has 0 radical (unpaired) electrons. The largest absolute Gasteiger partial charge is 0.490 e. The fraction of sp³-hybridized carbons (Fsp3) is 0.238. The summed E-state index contributed by atoms with van der Waals surface area (Å²) in [6.45, 7) is 4.78. The number of carbonyl (C=O) groups excluding carboxylic acids is 1. The van der Waals surface area contributed by atoms with Gasteiger partial charge >= 0.3 is 0 Å². The number of thiocarbonyl (C=S) groups is 1.